The topological polar surface area (TPSA) is 61.4 Å². The Morgan fingerprint density at radius 1 is 1.19 bits per heavy atom. The van der Waals surface area contributed by atoms with Gasteiger partial charge in [-0.1, -0.05) is 41.9 Å². The van der Waals surface area contributed by atoms with Crippen LogP contribution in [-0.4, -0.2) is 11.1 Å². The number of aliphatic hydroxyl groups excluding tert-OH is 1. The number of carbonyl (C=O) groups excluding carboxylic acids is 1. The molecule has 0 aliphatic rings. The number of aryl methyl sites for hydroxylation is 1. The van der Waals surface area contributed by atoms with Crippen molar-refractivity contribution in [1.82, 2.24) is 5.32 Å². The van der Waals surface area contributed by atoms with Crippen LogP contribution in [0.25, 0.3) is 0 Å². The number of aliphatic hydroxyl groups is 1. The second-order valence-corrected chi connectivity index (χ2v) is 5.13. The van der Waals surface area contributed by atoms with E-state index in [1.165, 1.54) is 0 Å². The Morgan fingerprint density at radius 3 is 2.62 bits per heavy atom. The van der Waals surface area contributed by atoms with Crippen molar-refractivity contribution in [3.63, 3.8) is 0 Å². The maximum atomic E-state index is 11.9. The van der Waals surface area contributed by atoms with E-state index in [-0.39, 0.29) is 12.6 Å². The van der Waals surface area contributed by atoms with Crippen LogP contribution >= 0.6 is 11.6 Å². The highest BCUT2D eigenvalue weighted by Gasteiger charge is 2.06. The third-order valence-electron chi connectivity index (χ3n) is 3.18. The number of carbonyl (C=O) groups is 1. The fourth-order valence-corrected chi connectivity index (χ4v) is 2.13. The lowest BCUT2D eigenvalue weighted by atomic mass is 10.1. The van der Waals surface area contributed by atoms with Gasteiger partial charge in [-0.15, -0.1) is 0 Å². The Bertz CT molecular complexity index is 644. The van der Waals surface area contributed by atoms with E-state index in [1.54, 1.807) is 12.1 Å². The van der Waals surface area contributed by atoms with Gasteiger partial charge in [-0.3, -0.25) is 0 Å². The van der Waals surface area contributed by atoms with Crippen molar-refractivity contribution in [2.75, 3.05) is 5.32 Å². The lowest BCUT2D eigenvalue weighted by Gasteiger charge is -2.12. The quantitative estimate of drug-likeness (QED) is 0.810. The van der Waals surface area contributed by atoms with Gasteiger partial charge >= 0.3 is 6.03 Å². The number of benzene rings is 2. The van der Waals surface area contributed by atoms with Crippen molar-refractivity contribution >= 4 is 23.3 Å². The Hall–Kier alpha value is -2.04. The Morgan fingerprint density at radius 2 is 1.90 bits per heavy atom. The molecule has 3 N–H and O–H groups in total. The smallest absolute Gasteiger partial charge is 0.319 e. The molecule has 0 saturated carbocycles. The van der Waals surface area contributed by atoms with Gasteiger partial charge in [-0.25, -0.2) is 4.79 Å². The normalized spacial score (nSPS) is 10.2. The standard InChI is InChI=1S/C16H17ClN2O2/c1-11-6-7-14(17)8-15(11)19-16(21)18-9-12-4-2-3-5-13(12)10-20/h2-8,20H,9-10H2,1H3,(H2,18,19,21). The van der Waals surface area contributed by atoms with E-state index >= 15 is 0 Å². The van der Waals surface area contributed by atoms with Crippen molar-refractivity contribution in [1.29, 1.82) is 0 Å². The van der Waals surface area contributed by atoms with E-state index in [1.807, 2.05) is 37.3 Å². The molecule has 0 aromatic heterocycles. The van der Waals surface area contributed by atoms with Crippen LogP contribution < -0.4 is 10.6 Å². The van der Waals surface area contributed by atoms with Gasteiger partial charge in [0.1, 0.15) is 0 Å². The number of rotatable bonds is 4. The molecule has 4 nitrogen and oxygen atoms in total. The summed E-state index contributed by atoms with van der Waals surface area (Å²) in [6.07, 6.45) is 0. The first-order valence-corrected chi connectivity index (χ1v) is 6.96. The first-order valence-electron chi connectivity index (χ1n) is 6.59. The van der Waals surface area contributed by atoms with Crippen molar-refractivity contribution in [2.24, 2.45) is 0 Å². The molecule has 0 radical (unpaired) electrons. The molecule has 2 rings (SSSR count). The van der Waals surface area contributed by atoms with Gasteiger partial charge in [0.05, 0.1) is 6.61 Å². The van der Waals surface area contributed by atoms with Crippen molar-refractivity contribution < 1.29 is 9.90 Å². The molecule has 2 aromatic carbocycles. The molecule has 0 heterocycles. The maximum Gasteiger partial charge on any atom is 0.319 e. The highest BCUT2D eigenvalue weighted by Crippen LogP contribution is 2.20. The summed E-state index contributed by atoms with van der Waals surface area (Å²) in [5, 5.41) is 15.3. The Labute approximate surface area is 128 Å². The van der Waals surface area contributed by atoms with Crippen LogP contribution in [0.2, 0.25) is 5.02 Å². The number of halogens is 1. The van der Waals surface area contributed by atoms with Crippen molar-refractivity contribution in [2.45, 2.75) is 20.1 Å². The van der Waals surface area contributed by atoms with Crippen LogP contribution in [0.1, 0.15) is 16.7 Å². The summed E-state index contributed by atoms with van der Waals surface area (Å²) in [6, 6.07) is 12.4. The van der Waals surface area contributed by atoms with E-state index < -0.39 is 0 Å². The first-order chi connectivity index (χ1) is 10.1. The number of hydrogen-bond donors (Lipinski definition) is 3. The molecule has 21 heavy (non-hydrogen) atoms. The summed E-state index contributed by atoms with van der Waals surface area (Å²) < 4.78 is 0. The SMILES string of the molecule is Cc1ccc(Cl)cc1NC(=O)NCc1ccccc1CO. The molecule has 0 saturated heterocycles. The van der Waals surface area contributed by atoms with Gasteiger partial charge in [0, 0.05) is 17.3 Å². The molecule has 110 valence electrons. The summed E-state index contributed by atoms with van der Waals surface area (Å²) in [4.78, 5) is 11.9. The van der Waals surface area contributed by atoms with Crippen LogP contribution in [0.4, 0.5) is 10.5 Å². The lowest BCUT2D eigenvalue weighted by Crippen LogP contribution is -2.28. The number of nitrogens with one attached hydrogen (secondary N) is 2. The summed E-state index contributed by atoms with van der Waals surface area (Å²) in [6.45, 7) is 2.20. The molecule has 5 heteroatoms. The average Bonchev–Trinajstić information content (AvgIpc) is 2.49. The molecule has 2 amide bonds. The molecule has 0 aliphatic heterocycles. The Balaban J connectivity index is 1.97. The fraction of sp³-hybridized carbons (Fsp3) is 0.188. The van der Waals surface area contributed by atoms with Gasteiger partial charge in [0.2, 0.25) is 0 Å². The molecular weight excluding hydrogens is 288 g/mol. The summed E-state index contributed by atoms with van der Waals surface area (Å²) in [5.41, 5.74) is 3.30. The fourth-order valence-electron chi connectivity index (χ4n) is 1.96. The van der Waals surface area contributed by atoms with Gasteiger partial charge in [-0.2, -0.15) is 0 Å². The lowest BCUT2D eigenvalue weighted by molar-refractivity contribution is 0.251. The highest BCUT2D eigenvalue weighted by molar-refractivity contribution is 6.31. The number of anilines is 1. The monoisotopic (exact) mass is 304 g/mol. The van der Waals surface area contributed by atoms with Gasteiger partial charge in [0.15, 0.2) is 0 Å². The number of urea groups is 1. The third kappa shape index (κ3) is 4.21. The minimum absolute atomic E-state index is 0.0487. The summed E-state index contributed by atoms with van der Waals surface area (Å²) in [7, 11) is 0. The van der Waals surface area contributed by atoms with Crippen LogP contribution in [0, 0.1) is 6.92 Å². The minimum atomic E-state index is -0.312. The average molecular weight is 305 g/mol. The summed E-state index contributed by atoms with van der Waals surface area (Å²) >= 11 is 5.91. The molecular formula is C16H17ClN2O2. The van der Waals surface area contributed by atoms with Gasteiger partial charge < -0.3 is 15.7 Å². The maximum absolute atomic E-state index is 11.9. The predicted octanol–water partition coefficient (Wildman–Crippen LogP) is 3.46. The van der Waals surface area contributed by atoms with E-state index in [4.69, 9.17) is 11.6 Å². The van der Waals surface area contributed by atoms with Gasteiger partial charge in [0.25, 0.3) is 0 Å². The van der Waals surface area contributed by atoms with Gasteiger partial charge in [-0.05, 0) is 35.7 Å². The molecule has 0 bridgehead atoms. The van der Waals surface area contributed by atoms with E-state index in [0.29, 0.717) is 17.3 Å². The molecule has 0 unspecified atom stereocenters. The van der Waals surface area contributed by atoms with Crippen LogP contribution in [-0.2, 0) is 13.2 Å². The van der Waals surface area contributed by atoms with Crippen LogP contribution in [0.5, 0.6) is 0 Å². The summed E-state index contributed by atoms with van der Waals surface area (Å²) in [5.74, 6) is 0. The molecule has 0 spiro atoms. The van der Waals surface area contributed by atoms with E-state index in [9.17, 15) is 9.90 Å². The highest BCUT2D eigenvalue weighted by atomic mass is 35.5. The zero-order chi connectivity index (χ0) is 15.2. The molecule has 0 fully saturated rings. The second-order valence-electron chi connectivity index (χ2n) is 4.69. The zero-order valence-corrected chi connectivity index (χ0v) is 12.4. The van der Waals surface area contributed by atoms with Crippen molar-refractivity contribution in [3.8, 4) is 0 Å². The first kappa shape index (κ1) is 15.4. The third-order valence-corrected chi connectivity index (χ3v) is 3.41. The van der Waals surface area contributed by atoms with E-state index in [2.05, 4.69) is 10.6 Å². The zero-order valence-electron chi connectivity index (χ0n) is 11.7. The van der Waals surface area contributed by atoms with E-state index in [0.717, 1.165) is 16.7 Å². The Kier molecular flexibility index (Phi) is 5.20. The molecule has 0 aliphatic carbocycles. The molecule has 2 aromatic rings. The minimum Gasteiger partial charge on any atom is -0.392 e. The second kappa shape index (κ2) is 7.11. The van der Waals surface area contributed by atoms with Crippen LogP contribution in [0.15, 0.2) is 42.5 Å². The largest absolute Gasteiger partial charge is 0.392 e. The van der Waals surface area contributed by atoms with Crippen molar-refractivity contribution in [3.05, 3.63) is 64.2 Å². The molecule has 0 atom stereocenters. The van der Waals surface area contributed by atoms with Crippen LogP contribution in [0.3, 0.4) is 0 Å². The predicted molar refractivity (Wildman–Crippen MR) is 84.4 cm³/mol. The number of amides is 2. The number of hydrogen-bond acceptors (Lipinski definition) is 2.